The highest BCUT2D eigenvalue weighted by Gasteiger charge is 2.33. The quantitative estimate of drug-likeness (QED) is 0.387. The number of fused-ring (bicyclic) bond motifs is 6. The third kappa shape index (κ3) is 3.17. The minimum atomic E-state index is -0.284. The average Bonchev–Trinajstić information content (AvgIpc) is 3.28. The van der Waals surface area contributed by atoms with Crippen molar-refractivity contribution in [1.29, 1.82) is 0 Å². The molecule has 0 unspecified atom stereocenters. The lowest BCUT2D eigenvalue weighted by atomic mass is 10.0. The Kier molecular flexibility index (Phi) is 4.87. The van der Waals surface area contributed by atoms with Crippen LogP contribution in [0.25, 0.3) is 22.7 Å². The molecule has 0 bridgehead atoms. The number of hydrogen-bond acceptors (Lipinski definition) is 5. The Morgan fingerprint density at radius 2 is 1.79 bits per heavy atom. The van der Waals surface area contributed by atoms with Crippen LogP contribution in [0, 0.1) is 0 Å². The molecule has 3 heterocycles. The summed E-state index contributed by atoms with van der Waals surface area (Å²) in [6.45, 7) is 6.22. The molecule has 0 radical (unpaired) electrons. The first-order valence-corrected chi connectivity index (χ1v) is 11.7. The molecule has 0 spiro atoms. The van der Waals surface area contributed by atoms with Crippen molar-refractivity contribution < 1.29 is 9.47 Å². The third-order valence-electron chi connectivity index (χ3n) is 6.60. The second kappa shape index (κ2) is 8.06. The van der Waals surface area contributed by atoms with Gasteiger partial charge in [-0.3, -0.25) is 4.57 Å². The molecular weight excluding hydrogens is 424 g/mol. The lowest BCUT2D eigenvalue weighted by Gasteiger charge is -2.29. The van der Waals surface area contributed by atoms with Crippen molar-refractivity contribution in [2.75, 3.05) is 25.1 Å². The van der Waals surface area contributed by atoms with E-state index in [1.54, 1.807) is 7.11 Å². The van der Waals surface area contributed by atoms with E-state index in [1.165, 1.54) is 0 Å². The maximum absolute atomic E-state index is 6.44. The number of imidazole rings is 1. The Morgan fingerprint density at radius 1 is 1.00 bits per heavy atom. The van der Waals surface area contributed by atoms with E-state index in [2.05, 4.69) is 65.8 Å². The van der Waals surface area contributed by atoms with Gasteiger partial charge in [0, 0.05) is 30.4 Å². The first kappa shape index (κ1) is 20.5. The van der Waals surface area contributed by atoms with Gasteiger partial charge in [0.15, 0.2) is 6.17 Å². The summed E-state index contributed by atoms with van der Waals surface area (Å²) in [4.78, 5) is 12.4. The van der Waals surface area contributed by atoms with Crippen molar-refractivity contribution in [2.45, 2.75) is 20.0 Å². The maximum atomic E-state index is 6.44. The molecule has 170 valence electrons. The number of nitrogens with zero attached hydrogens (tertiary/aromatic N) is 4. The molecule has 3 aromatic carbocycles. The largest absolute Gasteiger partial charge is 0.497 e. The maximum Gasteiger partial charge on any atom is 0.228 e. The minimum absolute atomic E-state index is 0.284. The third-order valence-corrected chi connectivity index (χ3v) is 6.60. The van der Waals surface area contributed by atoms with E-state index in [1.807, 2.05) is 30.3 Å². The van der Waals surface area contributed by atoms with Crippen LogP contribution in [0.5, 0.6) is 11.5 Å². The molecule has 34 heavy (non-hydrogen) atoms. The Labute approximate surface area is 198 Å². The van der Waals surface area contributed by atoms with Gasteiger partial charge in [-0.2, -0.15) is 0 Å². The Morgan fingerprint density at radius 3 is 2.56 bits per heavy atom. The molecule has 1 atom stereocenters. The summed E-state index contributed by atoms with van der Waals surface area (Å²) in [6, 6.07) is 22.6. The summed E-state index contributed by atoms with van der Waals surface area (Å²) in [6.07, 6.45) is 1.86. The van der Waals surface area contributed by atoms with Crippen LogP contribution in [0.3, 0.4) is 0 Å². The van der Waals surface area contributed by atoms with Gasteiger partial charge in [-0.05, 0) is 61.9 Å². The van der Waals surface area contributed by atoms with Crippen molar-refractivity contribution in [3.63, 3.8) is 0 Å². The van der Waals surface area contributed by atoms with E-state index in [-0.39, 0.29) is 6.17 Å². The van der Waals surface area contributed by atoms with Crippen molar-refractivity contribution in [3.05, 3.63) is 83.7 Å². The lowest BCUT2D eigenvalue weighted by molar-refractivity contribution is 0.414. The SMILES string of the molecule is CCN(CC)c1ccc2c(c1)OC1=N[C@@H](c3ccc(OC)cc3)n3c(nc4ccccc43)C1=C2. The summed E-state index contributed by atoms with van der Waals surface area (Å²) in [5.74, 6) is 3.11. The molecule has 0 amide bonds. The normalized spacial score (nSPS) is 16.0. The lowest BCUT2D eigenvalue weighted by Crippen LogP contribution is -2.27. The zero-order valence-corrected chi connectivity index (χ0v) is 19.5. The molecule has 6 rings (SSSR count). The van der Waals surface area contributed by atoms with Crippen LogP contribution >= 0.6 is 0 Å². The molecule has 2 aliphatic rings. The van der Waals surface area contributed by atoms with Gasteiger partial charge < -0.3 is 14.4 Å². The molecular formula is C28H26N4O2. The predicted octanol–water partition coefficient (Wildman–Crippen LogP) is 5.78. The molecule has 0 saturated carbocycles. The molecule has 0 saturated heterocycles. The van der Waals surface area contributed by atoms with Crippen LogP contribution in [-0.4, -0.2) is 35.6 Å². The number of rotatable bonds is 5. The second-order valence-electron chi connectivity index (χ2n) is 8.43. The summed E-state index contributed by atoms with van der Waals surface area (Å²) >= 11 is 0. The van der Waals surface area contributed by atoms with Crippen molar-refractivity contribution >= 4 is 34.3 Å². The monoisotopic (exact) mass is 450 g/mol. The van der Waals surface area contributed by atoms with Gasteiger partial charge in [0.25, 0.3) is 0 Å². The first-order valence-electron chi connectivity index (χ1n) is 11.7. The van der Waals surface area contributed by atoms with E-state index in [9.17, 15) is 0 Å². The number of aromatic nitrogens is 2. The number of hydrogen-bond donors (Lipinski definition) is 0. The molecule has 6 nitrogen and oxygen atoms in total. The number of ether oxygens (including phenoxy) is 2. The van der Waals surface area contributed by atoms with E-state index in [0.717, 1.165) is 63.8 Å². The summed E-state index contributed by atoms with van der Waals surface area (Å²) in [5.41, 5.74) is 6.12. The number of para-hydroxylation sites is 2. The van der Waals surface area contributed by atoms with E-state index >= 15 is 0 Å². The van der Waals surface area contributed by atoms with Crippen LogP contribution in [0.2, 0.25) is 0 Å². The van der Waals surface area contributed by atoms with Gasteiger partial charge in [-0.1, -0.05) is 24.3 Å². The molecule has 0 aliphatic carbocycles. The summed E-state index contributed by atoms with van der Waals surface area (Å²) < 4.78 is 14.0. The Hall–Kier alpha value is -4.06. The van der Waals surface area contributed by atoms with Crippen LogP contribution < -0.4 is 14.4 Å². The second-order valence-corrected chi connectivity index (χ2v) is 8.43. The number of anilines is 1. The van der Waals surface area contributed by atoms with Gasteiger partial charge in [-0.15, -0.1) is 0 Å². The molecule has 0 N–H and O–H groups in total. The highest BCUT2D eigenvalue weighted by molar-refractivity contribution is 6.26. The van der Waals surface area contributed by atoms with E-state index in [0.29, 0.717) is 5.90 Å². The van der Waals surface area contributed by atoms with Crippen LogP contribution in [0.15, 0.2) is 71.7 Å². The molecule has 2 aliphatic heterocycles. The van der Waals surface area contributed by atoms with Crippen molar-refractivity contribution in [2.24, 2.45) is 4.99 Å². The Balaban J connectivity index is 1.53. The fourth-order valence-corrected chi connectivity index (χ4v) is 4.80. The standard InChI is InChI=1S/C28H26N4O2/c1-4-31(5-2)20-13-10-19-16-22-27-29-23-8-6-7-9-24(23)32(27)26(30-28(22)34-25(19)17-20)18-11-14-21(33-3)15-12-18/h6-17,26H,4-5H2,1-3H3/t26-/m1/s1. The summed E-state index contributed by atoms with van der Waals surface area (Å²) in [5, 5.41) is 0. The average molecular weight is 451 g/mol. The van der Waals surface area contributed by atoms with Gasteiger partial charge in [0.2, 0.25) is 5.90 Å². The molecule has 4 aromatic rings. The van der Waals surface area contributed by atoms with E-state index in [4.69, 9.17) is 19.5 Å². The fraction of sp³-hybridized carbons (Fsp3) is 0.214. The highest BCUT2D eigenvalue weighted by Crippen LogP contribution is 2.41. The zero-order valence-electron chi connectivity index (χ0n) is 19.5. The smallest absolute Gasteiger partial charge is 0.228 e. The van der Waals surface area contributed by atoms with Crippen molar-refractivity contribution in [3.8, 4) is 11.5 Å². The van der Waals surface area contributed by atoms with Gasteiger partial charge >= 0.3 is 0 Å². The topological polar surface area (TPSA) is 51.9 Å². The minimum Gasteiger partial charge on any atom is -0.497 e. The van der Waals surface area contributed by atoms with E-state index < -0.39 is 0 Å². The molecule has 1 aromatic heterocycles. The zero-order chi connectivity index (χ0) is 23.2. The molecule has 0 fully saturated rings. The van der Waals surface area contributed by atoms with Crippen LogP contribution in [0.4, 0.5) is 5.69 Å². The van der Waals surface area contributed by atoms with Gasteiger partial charge in [-0.25, -0.2) is 9.98 Å². The van der Waals surface area contributed by atoms with Crippen molar-refractivity contribution in [1.82, 2.24) is 9.55 Å². The summed E-state index contributed by atoms with van der Waals surface area (Å²) in [7, 11) is 1.67. The fourth-order valence-electron chi connectivity index (χ4n) is 4.80. The number of benzene rings is 3. The highest BCUT2D eigenvalue weighted by atomic mass is 16.5. The number of methoxy groups -OCH3 is 1. The van der Waals surface area contributed by atoms with Crippen LogP contribution in [0.1, 0.15) is 37.0 Å². The first-order chi connectivity index (χ1) is 16.7. The van der Waals surface area contributed by atoms with Gasteiger partial charge in [0.1, 0.15) is 17.3 Å². The van der Waals surface area contributed by atoms with Gasteiger partial charge in [0.05, 0.1) is 23.7 Å². The predicted molar refractivity (Wildman–Crippen MR) is 137 cm³/mol. The number of aliphatic imine (C=N–C) groups is 1. The van der Waals surface area contributed by atoms with Crippen LogP contribution in [-0.2, 0) is 0 Å². The Bertz CT molecular complexity index is 1450. The molecule has 6 heteroatoms.